The molecule has 1 aliphatic rings. The summed E-state index contributed by atoms with van der Waals surface area (Å²) in [7, 11) is 3.94. The van der Waals surface area contributed by atoms with E-state index in [2.05, 4.69) is 42.4 Å². The van der Waals surface area contributed by atoms with E-state index in [9.17, 15) is 0 Å². The van der Waals surface area contributed by atoms with Crippen LogP contribution in [0.15, 0.2) is 24.3 Å². The second kappa shape index (κ2) is 8.40. The third-order valence-corrected chi connectivity index (χ3v) is 4.59. The Morgan fingerprint density at radius 2 is 2.19 bits per heavy atom. The molecule has 0 aromatic heterocycles. The number of methoxy groups -OCH3 is 1. The number of hydrogen-bond donors (Lipinski definition) is 1. The van der Waals surface area contributed by atoms with Gasteiger partial charge in [0.05, 0.1) is 7.11 Å². The molecule has 2 rings (SSSR count). The molecule has 1 aromatic carbocycles. The van der Waals surface area contributed by atoms with Crippen LogP contribution in [-0.2, 0) is 6.54 Å². The lowest BCUT2D eigenvalue weighted by Crippen LogP contribution is -2.34. The van der Waals surface area contributed by atoms with E-state index in [0.717, 1.165) is 30.8 Å². The molecule has 0 heterocycles. The highest BCUT2D eigenvalue weighted by atomic mass is 16.5. The minimum absolute atomic E-state index is 0.750. The van der Waals surface area contributed by atoms with E-state index in [1.54, 1.807) is 7.11 Å². The standard InChI is InChI=1S/C18H30N2O/c1-4-19-18-10-6-8-16(18)11-12-20(2)14-15-7-5-9-17(13-15)21-3/h5,7,9,13,16,18-19H,4,6,8,10-12,14H2,1-3H3. The largest absolute Gasteiger partial charge is 0.497 e. The predicted molar refractivity (Wildman–Crippen MR) is 88.8 cm³/mol. The number of ether oxygens (including phenoxy) is 1. The Morgan fingerprint density at radius 3 is 2.95 bits per heavy atom. The minimum atomic E-state index is 0.750. The lowest BCUT2D eigenvalue weighted by molar-refractivity contribution is 0.275. The molecule has 1 aliphatic carbocycles. The lowest BCUT2D eigenvalue weighted by atomic mass is 9.99. The van der Waals surface area contributed by atoms with Crippen LogP contribution in [0.3, 0.4) is 0 Å². The zero-order valence-corrected chi connectivity index (χ0v) is 13.8. The monoisotopic (exact) mass is 290 g/mol. The highest BCUT2D eigenvalue weighted by molar-refractivity contribution is 5.28. The molecule has 0 spiro atoms. The summed E-state index contributed by atoms with van der Waals surface area (Å²) in [5.74, 6) is 1.81. The van der Waals surface area contributed by atoms with Crippen molar-refractivity contribution in [2.24, 2.45) is 5.92 Å². The fraction of sp³-hybridized carbons (Fsp3) is 0.667. The quantitative estimate of drug-likeness (QED) is 0.795. The van der Waals surface area contributed by atoms with E-state index in [-0.39, 0.29) is 0 Å². The summed E-state index contributed by atoms with van der Waals surface area (Å²) >= 11 is 0. The molecule has 118 valence electrons. The van der Waals surface area contributed by atoms with Crippen LogP contribution in [0.1, 0.15) is 38.2 Å². The Morgan fingerprint density at radius 1 is 1.33 bits per heavy atom. The molecule has 0 aliphatic heterocycles. The van der Waals surface area contributed by atoms with Crippen molar-refractivity contribution in [3.63, 3.8) is 0 Å². The molecule has 3 heteroatoms. The molecule has 0 radical (unpaired) electrons. The van der Waals surface area contributed by atoms with Gasteiger partial charge in [-0.2, -0.15) is 0 Å². The van der Waals surface area contributed by atoms with Gasteiger partial charge in [-0.3, -0.25) is 0 Å². The van der Waals surface area contributed by atoms with Gasteiger partial charge >= 0.3 is 0 Å². The van der Waals surface area contributed by atoms with Gasteiger partial charge in [-0.15, -0.1) is 0 Å². The molecular weight excluding hydrogens is 260 g/mol. The Hall–Kier alpha value is -1.06. The second-order valence-corrected chi connectivity index (χ2v) is 6.23. The number of rotatable bonds is 8. The molecule has 1 saturated carbocycles. The van der Waals surface area contributed by atoms with Crippen molar-refractivity contribution in [1.29, 1.82) is 0 Å². The lowest BCUT2D eigenvalue weighted by Gasteiger charge is -2.24. The summed E-state index contributed by atoms with van der Waals surface area (Å²) in [6, 6.07) is 9.13. The first-order chi connectivity index (χ1) is 10.2. The topological polar surface area (TPSA) is 24.5 Å². The van der Waals surface area contributed by atoms with Crippen molar-refractivity contribution in [2.45, 2.75) is 45.2 Å². The van der Waals surface area contributed by atoms with Crippen LogP contribution in [0.25, 0.3) is 0 Å². The summed E-state index contributed by atoms with van der Waals surface area (Å²) < 4.78 is 5.29. The highest BCUT2D eigenvalue weighted by Gasteiger charge is 2.26. The van der Waals surface area contributed by atoms with Gasteiger partial charge in [0.2, 0.25) is 0 Å². The molecule has 1 N–H and O–H groups in total. The molecule has 0 amide bonds. The molecule has 21 heavy (non-hydrogen) atoms. The van der Waals surface area contributed by atoms with Crippen LogP contribution in [-0.4, -0.2) is 38.2 Å². The van der Waals surface area contributed by atoms with Gasteiger partial charge in [-0.25, -0.2) is 0 Å². The Kier molecular flexibility index (Phi) is 6.52. The van der Waals surface area contributed by atoms with Crippen molar-refractivity contribution in [1.82, 2.24) is 10.2 Å². The maximum absolute atomic E-state index is 5.29. The normalized spacial score (nSPS) is 21.9. The van der Waals surface area contributed by atoms with E-state index >= 15 is 0 Å². The Labute approximate surface area is 129 Å². The van der Waals surface area contributed by atoms with E-state index in [4.69, 9.17) is 4.74 Å². The molecule has 2 atom stereocenters. The zero-order chi connectivity index (χ0) is 15.1. The van der Waals surface area contributed by atoms with Gasteiger partial charge < -0.3 is 15.0 Å². The number of nitrogens with zero attached hydrogens (tertiary/aromatic N) is 1. The molecule has 2 unspecified atom stereocenters. The fourth-order valence-corrected chi connectivity index (χ4v) is 3.46. The zero-order valence-electron chi connectivity index (χ0n) is 13.8. The second-order valence-electron chi connectivity index (χ2n) is 6.23. The van der Waals surface area contributed by atoms with Crippen molar-refractivity contribution in [3.8, 4) is 5.75 Å². The van der Waals surface area contributed by atoms with E-state index in [1.807, 2.05) is 6.07 Å². The van der Waals surface area contributed by atoms with Crippen LogP contribution >= 0.6 is 0 Å². The average molecular weight is 290 g/mol. The van der Waals surface area contributed by atoms with Crippen LogP contribution in [0.5, 0.6) is 5.75 Å². The fourth-order valence-electron chi connectivity index (χ4n) is 3.46. The number of hydrogen-bond acceptors (Lipinski definition) is 3. The molecule has 1 fully saturated rings. The maximum atomic E-state index is 5.29. The molecule has 3 nitrogen and oxygen atoms in total. The van der Waals surface area contributed by atoms with Crippen molar-refractivity contribution < 1.29 is 4.74 Å². The summed E-state index contributed by atoms with van der Waals surface area (Å²) in [6.07, 6.45) is 5.45. The van der Waals surface area contributed by atoms with Crippen LogP contribution < -0.4 is 10.1 Å². The van der Waals surface area contributed by atoms with E-state index in [1.165, 1.54) is 37.8 Å². The van der Waals surface area contributed by atoms with Crippen LogP contribution in [0.4, 0.5) is 0 Å². The van der Waals surface area contributed by atoms with Gasteiger partial charge in [0, 0.05) is 12.6 Å². The summed E-state index contributed by atoms with van der Waals surface area (Å²) in [4.78, 5) is 2.43. The minimum Gasteiger partial charge on any atom is -0.497 e. The summed E-state index contributed by atoms with van der Waals surface area (Å²) in [5, 5.41) is 3.65. The number of benzene rings is 1. The number of nitrogens with one attached hydrogen (secondary N) is 1. The first kappa shape index (κ1) is 16.3. The SMILES string of the molecule is CCNC1CCCC1CCN(C)Cc1cccc(OC)c1. The van der Waals surface area contributed by atoms with Gasteiger partial charge in [0.25, 0.3) is 0 Å². The van der Waals surface area contributed by atoms with Gasteiger partial charge in [0.1, 0.15) is 5.75 Å². The maximum Gasteiger partial charge on any atom is 0.119 e. The molecular formula is C18H30N2O. The predicted octanol–water partition coefficient (Wildman–Crippen LogP) is 3.30. The van der Waals surface area contributed by atoms with Gasteiger partial charge in [-0.05, 0) is 63.0 Å². The Balaban J connectivity index is 1.77. The average Bonchev–Trinajstić information content (AvgIpc) is 2.93. The Bertz CT molecular complexity index is 421. The first-order valence-electron chi connectivity index (χ1n) is 8.27. The van der Waals surface area contributed by atoms with E-state index in [0.29, 0.717) is 0 Å². The van der Waals surface area contributed by atoms with Crippen molar-refractivity contribution in [3.05, 3.63) is 29.8 Å². The van der Waals surface area contributed by atoms with E-state index < -0.39 is 0 Å². The third-order valence-electron chi connectivity index (χ3n) is 4.59. The molecule has 1 aromatic rings. The third kappa shape index (κ3) is 5.01. The van der Waals surface area contributed by atoms with Crippen LogP contribution in [0, 0.1) is 5.92 Å². The van der Waals surface area contributed by atoms with Crippen LogP contribution in [0.2, 0.25) is 0 Å². The van der Waals surface area contributed by atoms with Gasteiger partial charge in [0.15, 0.2) is 0 Å². The summed E-state index contributed by atoms with van der Waals surface area (Å²) in [5.41, 5.74) is 1.33. The smallest absolute Gasteiger partial charge is 0.119 e. The molecule has 0 bridgehead atoms. The molecule has 0 saturated heterocycles. The van der Waals surface area contributed by atoms with Crippen molar-refractivity contribution >= 4 is 0 Å². The van der Waals surface area contributed by atoms with Crippen molar-refractivity contribution in [2.75, 3.05) is 27.2 Å². The highest BCUT2D eigenvalue weighted by Crippen LogP contribution is 2.28. The summed E-state index contributed by atoms with van der Waals surface area (Å²) in [6.45, 7) is 5.48. The first-order valence-corrected chi connectivity index (χ1v) is 8.27. The van der Waals surface area contributed by atoms with Gasteiger partial charge in [-0.1, -0.05) is 25.5 Å².